The van der Waals surface area contributed by atoms with Crippen molar-refractivity contribution in [3.8, 4) is 0 Å². The van der Waals surface area contributed by atoms with Gasteiger partial charge in [-0.1, -0.05) is 52.7 Å². The minimum absolute atomic E-state index is 0.197. The number of anilines is 1. The normalized spacial score (nSPS) is 12.2. The van der Waals surface area contributed by atoms with Gasteiger partial charge in [-0.25, -0.2) is 8.42 Å². The average Bonchev–Trinajstić information content (AvgIpc) is 2.72. The Hall–Kier alpha value is -2.39. The molecule has 2 aromatic carbocycles. The van der Waals surface area contributed by atoms with Gasteiger partial charge in [-0.3, -0.25) is 13.9 Å². The minimum atomic E-state index is -3.73. The lowest BCUT2D eigenvalue weighted by molar-refractivity contribution is -0.140. The Morgan fingerprint density at radius 1 is 1.06 bits per heavy atom. The van der Waals surface area contributed by atoms with Gasteiger partial charge in [0.15, 0.2) is 0 Å². The highest BCUT2D eigenvalue weighted by Gasteiger charge is 2.31. The fourth-order valence-corrected chi connectivity index (χ4v) is 4.31. The van der Waals surface area contributed by atoms with Gasteiger partial charge in [0.1, 0.15) is 12.6 Å². The molecule has 0 radical (unpaired) electrons. The first-order valence-electron chi connectivity index (χ1n) is 9.86. The van der Waals surface area contributed by atoms with Gasteiger partial charge in [-0.15, -0.1) is 0 Å². The third-order valence-corrected chi connectivity index (χ3v) is 6.57. The number of hydrogen-bond acceptors (Lipinski definition) is 4. The molecule has 0 aliphatic rings. The molecule has 9 heteroatoms. The van der Waals surface area contributed by atoms with E-state index in [1.807, 2.05) is 38.1 Å². The molecular weight excluding hydrogens is 482 g/mol. The van der Waals surface area contributed by atoms with Gasteiger partial charge in [0.25, 0.3) is 0 Å². The lowest BCUT2D eigenvalue weighted by atomic mass is 10.1. The van der Waals surface area contributed by atoms with Gasteiger partial charge in [-0.2, -0.15) is 0 Å². The van der Waals surface area contributed by atoms with Crippen LogP contribution in [0.2, 0.25) is 0 Å². The quantitative estimate of drug-likeness (QED) is 0.562. The van der Waals surface area contributed by atoms with Gasteiger partial charge in [0.05, 0.1) is 11.9 Å². The number of nitrogens with zero attached hydrogens (tertiary/aromatic N) is 2. The minimum Gasteiger partial charge on any atom is -0.357 e. The molecular formula is C22H28BrN3O4S. The van der Waals surface area contributed by atoms with Crippen molar-refractivity contribution < 1.29 is 18.0 Å². The molecule has 0 heterocycles. The highest BCUT2D eigenvalue weighted by atomic mass is 79.9. The molecule has 0 aliphatic carbocycles. The molecule has 0 saturated heterocycles. The van der Waals surface area contributed by atoms with Crippen LogP contribution in [0.3, 0.4) is 0 Å². The van der Waals surface area contributed by atoms with Crippen molar-refractivity contribution in [1.82, 2.24) is 10.2 Å². The van der Waals surface area contributed by atoms with E-state index in [-0.39, 0.29) is 12.5 Å². The summed E-state index contributed by atoms with van der Waals surface area (Å²) in [6.07, 6.45) is 1.46. The summed E-state index contributed by atoms with van der Waals surface area (Å²) in [6, 6.07) is 13.6. The zero-order chi connectivity index (χ0) is 23.2. The Morgan fingerprint density at radius 2 is 1.65 bits per heavy atom. The first-order valence-corrected chi connectivity index (χ1v) is 12.5. The lowest BCUT2D eigenvalue weighted by Crippen LogP contribution is -2.51. The maximum Gasteiger partial charge on any atom is 0.244 e. The Balaban J connectivity index is 2.40. The Morgan fingerprint density at radius 3 is 2.13 bits per heavy atom. The van der Waals surface area contributed by atoms with Crippen LogP contribution in [0.15, 0.2) is 53.0 Å². The van der Waals surface area contributed by atoms with Crippen LogP contribution >= 0.6 is 15.9 Å². The lowest BCUT2D eigenvalue weighted by Gasteiger charge is -2.32. The largest absolute Gasteiger partial charge is 0.357 e. The number of rotatable bonds is 9. The number of hydrogen-bond donors (Lipinski definition) is 1. The monoisotopic (exact) mass is 509 g/mol. The molecule has 2 aromatic rings. The fraction of sp³-hybridized carbons (Fsp3) is 0.364. The van der Waals surface area contributed by atoms with E-state index >= 15 is 0 Å². The summed E-state index contributed by atoms with van der Waals surface area (Å²) in [6.45, 7) is 3.58. The Kier molecular flexibility index (Phi) is 8.64. The van der Waals surface area contributed by atoms with Crippen LogP contribution in [0, 0.1) is 6.92 Å². The Bertz CT molecular complexity index is 1010. The van der Waals surface area contributed by atoms with E-state index in [1.54, 1.807) is 24.3 Å². The van der Waals surface area contributed by atoms with E-state index in [9.17, 15) is 18.0 Å². The fourth-order valence-electron chi connectivity index (χ4n) is 3.20. The molecule has 0 aliphatic heterocycles. The SMILES string of the molecule is CCC(C(=O)NC)N(Cc1ccc(C)cc1)C(=O)CN(c1ccc(Br)cc1)S(C)(=O)=O. The number of halogens is 1. The summed E-state index contributed by atoms with van der Waals surface area (Å²) in [5.41, 5.74) is 2.32. The van der Waals surface area contributed by atoms with Gasteiger partial charge in [0, 0.05) is 18.1 Å². The molecule has 168 valence electrons. The molecule has 7 nitrogen and oxygen atoms in total. The topological polar surface area (TPSA) is 86.8 Å². The molecule has 0 saturated carbocycles. The number of carbonyl (C=O) groups is 2. The van der Waals surface area contributed by atoms with Gasteiger partial charge in [-0.05, 0) is 43.2 Å². The number of carbonyl (C=O) groups excluding carboxylic acids is 2. The van der Waals surface area contributed by atoms with Crippen LogP contribution in [0.4, 0.5) is 5.69 Å². The van der Waals surface area contributed by atoms with Gasteiger partial charge < -0.3 is 10.2 Å². The highest BCUT2D eigenvalue weighted by Crippen LogP contribution is 2.22. The summed E-state index contributed by atoms with van der Waals surface area (Å²) in [5.74, 6) is -0.748. The summed E-state index contributed by atoms with van der Waals surface area (Å²) >= 11 is 3.33. The standard InChI is InChI=1S/C22H28BrN3O4S/c1-5-20(22(28)24-3)25(14-17-8-6-16(2)7-9-17)21(27)15-26(31(4,29)30)19-12-10-18(23)11-13-19/h6-13,20H,5,14-15H2,1-4H3,(H,24,28). The second-order valence-corrected chi connectivity index (χ2v) is 10.1. The highest BCUT2D eigenvalue weighted by molar-refractivity contribution is 9.10. The average molecular weight is 510 g/mol. The van der Waals surface area contributed by atoms with E-state index in [0.29, 0.717) is 12.1 Å². The van der Waals surface area contributed by atoms with Crippen LogP contribution < -0.4 is 9.62 Å². The van der Waals surface area contributed by atoms with Crippen molar-refractivity contribution in [2.45, 2.75) is 32.9 Å². The van der Waals surface area contributed by atoms with Crippen molar-refractivity contribution in [3.05, 3.63) is 64.1 Å². The molecule has 1 unspecified atom stereocenters. The Labute approximate surface area is 192 Å². The number of aryl methyl sites for hydroxylation is 1. The zero-order valence-electron chi connectivity index (χ0n) is 18.1. The third kappa shape index (κ3) is 6.80. The predicted octanol–water partition coefficient (Wildman–Crippen LogP) is 3.08. The molecule has 0 aromatic heterocycles. The number of nitrogens with one attached hydrogen (secondary N) is 1. The first-order chi connectivity index (χ1) is 14.6. The summed E-state index contributed by atoms with van der Waals surface area (Å²) < 4.78 is 26.8. The van der Waals surface area contributed by atoms with Gasteiger partial charge in [0.2, 0.25) is 21.8 Å². The maximum absolute atomic E-state index is 13.4. The number of likely N-dealkylation sites (N-methyl/N-ethyl adjacent to an activating group) is 1. The predicted molar refractivity (Wildman–Crippen MR) is 126 cm³/mol. The second kappa shape index (κ2) is 10.8. The van der Waals surface area contributed by atoms with E-state index in [0.717, 1.165) is 26.2 Å². The van der Waals surface area contributed by atoms with Crippen molar-refractivity contribution in [1.29, 1.82) is 0 Å². The van der Waals surface area contributed by atoms with Crippen LogP contribution in [-0.4, -0.2) is 51.0 Å². The van der Waals surface area contributed by atoms with Gasteiger partial charge >= 0.3 is 0 Å². The van der Waals surface area contributed by atoms with E-state index < -0.39 is 28.5 Å². The second-order valence-electron chi connectivity index (χ2n) is 7.29. The first kappa shape index (κ1) is 24.9. The summed E-state index contributed by atoms with van der Waals surface area (Å²) in [4.78, 5) is 27.3. The summed E-state index contributed by atoms with van der Waals surface area (Å²) in [5, 5.41) is 2.60. The molecule has 0 bridgehead atoms. The zero-order valence-corrected chi connectivity index (χ0v) is 20.5. The van der Waals surface area contributed by atoms with Crippen molar-refractivity contribution >= 4 is 43.5 Å². The maximum atomic E-state index is 13.4. The smallest absolute Gasteiger partial charge is 0.244 e. The van der Waals surface area contributed by atoms with E-state index in [4.69, 9.17) is 0 Å². The number of sulfonamides is 1. The van der Waals surface area contributed by atoms with Crippen molar-refractivity contribution in [2.24, 2.45) is 0 Å². The molecule has 2 amide bonds. The number of amides is 2. The number of benzene rings is 2. The van der Waals surface area contributed by atoms with Crippen LogP contribution in [-0.2, 0) is 26.2 Å². The van der Waals surface area contributed by atoms with Crippen LogP contribution in [0.5, 0.6) is 0 Å². The molecule has 2 rings (SSSR count). The molecule has 1 atom stereocenters. The molecule has 1 N–H and O–H groups in total. The molecule has 0 fully saturated rings. The van der Waals surface area contributed by atoms with E-state index in [1.165, 1.54) is 11.9 Å². The summed E-state index contributed by atoms with van der Waals surface area (Å²) in [7, 11) is -2.21. The van der Waals surface area contributed by atoms with Crippen molar-refractivity contribution in [2.75, 3.05) is 24.2 Å². The third-order valence-electron chi connectivity index (χ3n) is 4.90. The van der Waals surface area contributed by atoms with E-state index in [2.05, 4.69) is 21.2 Å². The van der Waals surface area contributed by atoms with Crippen molar-refractivity contribution in [3.63, 3.8) is 0 Å². The molecule has 31 heavy (non-hydrogen) atoms. The van der Waals surface area contributed by atoms with Crippen LogP contribution in [0.1, 0.15) is 24.5 Å². The van der Waals surface area contributed by atoms with Crippen LogP contribution in [0.25, 0.3) is 0 Å². The molecule has 0 spiro atoms.